The molecule has 0 amide bonds. The van der Waals surface area contributed by atoms with E-state index in [1.165, 1.54) is 6.07 Å². The summed E-state index contributed by atoms with van der Waals surface area (Å²) >= 11 is 7.79. The number of nitrogens with two attached hydrogens (primary N) is 1. The highest BCUT2D eigenvalue weighted by atomic mass is 35.5. The third kappa shape index (κ3) is 3.35. The van der Waals surface area contributed by atoms with E-state index in [4.69, 9.17) is 22.1 Å². The zero-order chi connectivity index (χ0) is 12.3. The van der Waals surface area contributed by atoms with Gasteiger partial charge in [0.2, 0.25) is 0 Å². The molecule has 5 heteroatoms. The molecule has 0 bridgehead atoms. The lowest BCUT2D eigenvalue weighted by Gasteiger charge is -2.27. The molecule has 0 aromatic heterocycles. The fraction of sp³-hybridized carbons (Fsp3) is 0.500. The largest absolute Gasteiger partial charge is 0.375 e. The molecule has 1 aliphatic rings. The second-order valence-corrected chi connectivity index (χ2v) is 5.61. The van der Waals surface area contributed by atoms with Gasteiger partial charge in [-0.25, -0.2) is 4.39 Å². The summed E-state index contributed by atoms with van der Waals surface area (Å²) in [6.07, 6.45) is 0.404. The quantitative estimate of drug-likeness (QED) is 0.921. The molecule has 1 aliphatic heterocycles. The highest BCUT2D eigenvalue weighted by Crippen LogP contribution is 2.23. The fourth-order valence-electron chi connectivity index (χ4n) is 1.85. The summed E-state index contributed by atoms with van der Waals surface area (Å²) in [5, 5.41) is 0.434. The Labute approximate surface area is 110 Å². The van der Waals surface area contributed by atoms with Crippen LogP contribution in [0.25, 0.3) is 0 Å². The average Bonchev–Trinajstić information content (AvgIpc) is 2.35. The smallest absolute Gasteiger partial charge is 0.127 e. The van der Waals surface area contributed by atoms with Crippen molar-refractivity contribution >= 4 is 23.4 Å². The molecule has 1 fully saturated rings. The molecule has 1 aromatic rings. The maximum atomic E-state index is 13.6. The highest BCUT2D eigenvalue weighted by Gasteiger charge is 2.23. The Morgan fingerprint density at radius 3 is 3.06 bits per heavy atom. The molecule has 1 heterocycles. The number of rotatable bonds is 3. The molecule has 0 saturated carbocycles. The molecule has 0 aliphatic carbocycles. The molecule has 2 rings (SSSR count). The minimum absolute atomic E-state index is 0.00979. The average molecular weight is 276 g/mol. The second-order valence-electron chi connectivity index (χ2n) is 4.05. The van der Waals surface area contributed by atoms with Crippen molar-refractivity contribution in [1.29, 1.82) is 0 Å². The van der Waals surface area contributed by atoms with Crippen molar-refractivity contribution in [2.45, 2.75) is 18.6 Å². The van der Waals surface area contributed by atoms with Gasteiger partial charge in [-0.15, -0.1) is 0 Å². The van der Waals surface area contributed by atoms with Crippen LogP contribution in [0.4, 0.5) is 4.39 Å². The summed E-state index contributed by atoms with van der Waals surface area (Å²) in [5.74, 6) is 1.58. The van der Waals surface area contributed by atoms with Crippen LogP contribution in [0.1, 0.15) is 5.56 Å². The maximum Gasteiger partial charge on any atom is 0.127 e. The Bertz CT molecular complexity index is 365. The molecule has 0 spiro atoms. The van der Waals surface area contributed by atoms with Crippen LogP contribution in [0.5, 0.6) is 0 Å². The molecule has 94 valence electrons. The number of halogens is 2. The Morgan fingerprint density at radius 2 is 2.41 bits per heavy atom. The lowest BCUT2D eigenvalue weighted by molar-refractivity contribution is 0.0570. The number of hydrogen-bond acceptors (Lipinski definition) is 3. The molecular weight excluding hydrogens is 261 g/mol. The van der Waals surface area contributed by atoms with Crippen LogP contribution in [0.3, 0.4) is 0 Å². The van der Waals surface area contributed by atoms with Crippen molar-refractivity contribution < 1.29 is 9.13 Å². The number of benzene rings is 1. The second kappa shape index (κ2) is 6.05. The molecule has 2 unspecified atom stereocenters. The SMILES string of the molecule is NC(Cc1c(F)cccc1Cl)C1CSCCO1. The third-order valence-electron chi connectivity index (χ3n) is 2.82. The van der Waals surface area contributed by atoms with Gasteiger partial charge in [-0.2, -0.15) is 11.8 Å². The Hall–Kier alpha value is -0.290. The van der Waals surface area contributed by atoms with Crippen LogP contribution in [-0.2, 0) is 11.2 Å². The van der Waals surface area contributed by atoms with Crippen molar-refractivity contribution in [3.8, 4) is 0 Å². The van der Waals surface area contributed by atoms with E-state index < -0.39 is 0 Å². The van der Waals surface area contributed by atoms with Crippen LogP contribution in [0.15, 0.2) is 18.2 Å². The Kier molecular flexibility index (Phi) is 4.68. The van der Waals surface area contributed by atoms with Crippen LogP contribution in [0, 0.1) is 5.82 Å². The van der Waals surface area contributed by atoms with Crippen LogP contribution in [0.2, 0.25) is 5.02 Å². The normalized spacial score (nSPS) is 22.4. The predicted octanol–water partition coefficient (Wildman–Crippen LogP) is 2.48. The van der Waals surface area contributed by atoms with Gasteiger partial charge in [0.15, 0.2) is 0 Å². The first kappa shape index (κ1) is 13.1. The van der Waals surface area contributed by atoms with E-state index in [-0.39, 0.29) is 18.0 Å². The van der Waals surface area contributed by atoms with E-state index in [2.05, 4.69) is 0 Å². The first-order valence-electron chi connectivity index (χ1n) is 5.56. The van der Waals surface area contributed by atoms with Crippen LogP contribution < -0.4 is 5.73 Å². The molecule has 17 heavy (non-hydrogen) atoms. The molecule has 0 radical (unpaired) electrons. The van der Waals surface area contributed by atoms with Gasteiger partial charge in [-0.05, 0) is 18.6 Å². The topological polar surface area (TPSA) is 35.2 Å². The van der Waals surface area contributed by atoms with Gasteiger partial charge in [-0.1, -0.05) is 17.7 Å². The maximum absolute atomic E-state index is 13.6. The summed E-state index contributed by atoms with van der Waals surface area (Å²) in [6.45, 7) is 0.716. The summed E-state index contributed by atoms with van der Waals surface area (Å²) in [6, 6.07) is 4.48. The van der Waals surface area contributed by atoms with Gasteiger partial charge < -0.3 is 10.5 Å². The predicted molar refractivity (Wildman–Crippen MR) is 70.2 cm³/mol. The molecule has 1 saturated heterocycles. The van der Waals surface area contributed by atoms with E-state index in [1.54, 1.807) is 12.1 Å². The number of ether oxygens (including phenoxy) is 1. The molecule has 2 atom stereocenters. The van der Waals surface area contributed by atoms with Crippen LogP contribution >= 0.6 is 23.4 Å². The Morgan fingerprint density at radius 1 is 1.59 bits per heavy atom. The molecule has 1 aromatic carbocycles. The van der Waals surface area contributed by atoms with E-state index >= 15 is 0 Å². The first-order chi connectivity index (χ1) is 8.18. The number of thioether (sulfide) groups is 1. The fourth-order valence-corrected chi connectivity index (χ4v) is 3.04. The van der Waals surface area contributed by atoms with Gasteiger partial charge in [0.05, 0.1) is 12.7 Å². The van der Waals surface area contributed by atoms with Gasteiger partial charge in [-0.3, -0.25) is 0 Å². The summed E-state index contributed by atoms with van der Waals surface area (Å²) in [7, 11) is 0. The van der Waals surface area contributed by atoms with Crippen molar-refractivity contribution in [2.75, 3.05) is 18.1 Å². The van der Waals surface area contributed by atoms with E-state index in [9.17, 15) is 4.39 Å². The zero-order valence-electron chi connectivity index (χ0n) is 9.36. The van der Waals surface area contributed by atoms with Gasteiger partial charge in [0.1, 0.15) is 5.82 Å². The molecular formula is C12H15ClFNOS. The number of hydrogen-bond donors (Lipinski definition) is 1. The third-order valence-corrected chi connectivity index (χ3v) is 4.19. The zero-order valence-corrected chi connectivity index (χ0v) is 10.9. The first-order valence-corrected chi connectivity index (χ1v) is 7.09. The highest BCUT2D eigenvalue weighted by molar-refractivity contribution is 7.99. The van der Waals surface area contributed by atoms with E-state index in [0.29, 0.717) is 23.6 Å². The van der Waals surface area contributed by atoms with Gasteiger partial charge >= 0.3 is 0 Å². The van der Waals surface area contributed by atoms with E-state index in [0.717, 1.165) is 11.5 Å². The molecule has 2 nitrogen and oxygen atoms in total. The lowest BCUT2D eigenvalue weighted by Crippen LogP contribution is -2.42. The summed E-state index contributed by atoms with van der Waals surface area (Å²) < 4.78 is 19.2. The minimum Gasteiger partial charge on any atom is -0.375 e. The standard InChI is InChI=1S/C12H15ClFNOS/c13-9-2-1-3-10(14)8(9)6-11(15)12-7-17-5-4-16-12/h1-3,11-12H,4-7,15H2. The summed E-state index contributed by atoms with van der Waals surface area (Å²) in [5.41, 5.74) is 6.54. The van der Waals surface area contributed by atoms with Crippen molar-refractivity contribution in [3.05, 3.63) is 34.6 Å². The Balaban J connectivity index is 2.04. The van der Waals surface area contributed by atoms with Crippen molar-refractivity contribution in [2.24, 2.45) is 5.73 Å². The minimum atomic E-state index is -0.295. The molecule has 2 N–H and O–H groups in total. The van der Waals surface area contributed by atoms with Crippen molar-refractivity contribution in [3.63, 3.8) is 0 Å². The van der Waals surface area contributed by atoms with Crippen LogP contribution in [-0.4, -0.2) is 30.3 Å². The van der Waals surface area contributed by atoms with Gasteiger partial charge in [0.25, 0.3) is 0 Å². The summed E-state index contributed by atoms with van der Waals surface area (Å²) in [4.78, 5) is 0. The van der Waals surface area contributed by atoms with Gasteiger partial charge in [0, 0.05) is 28.1 Å². The monoisotopic (exact) mass is 275 g/mol. The lowest BCUT2D eigenvalue weighted by atomic mass is 10.0. The van der Waals surface area contributed by atoms with E-state index in [1.807, 2.05) is 11.8 Å². The van der Waals surface area contributed by atoms with Crippen molar-refractivity contribution in [1.82, 2.24) is 0 Å².